The Morgan fingerprint density at radius 2 is 2.24 bits per heavy atom. The highest BCUT2D eigenvalue weighted by Crippen LogP contribution is 2.25. The Morgan fingerprint density at radius 3 is 2.86 bits per heavy atom. The number of likely N-dealkylation sites (tertiary alicyclic amines) is 1. The molecule has 5 heteroatoms. The number of carbonyl (C=O) groups is 2. The molecule has 1 saturated heterocycles. The fourth-order valence-electron chi connectivity index (χ4n) is 2.65. The van der Waals surface area contributed by atoms with Crippen molar-refractivity contribution >= 4 is 11.9 Å². The van der Waals surface area contributed by atoms with Crippen LogP contribution in [0, 0.1) is 5.92 Å². The Labute approximate surface area is 124 Å². The first-order valence-electron chi connectivity index (χ1n) is 7.15. The molecule has 5 nitrogen and oxygen atoms in total. The van der Waals surface area contributed by atoms with Crippen molar-refractivity contribution in [2.75, 3.05) is 20.2 Å². The third-order valence-electron chi connectivity index (χ3n) is 4.03. The zero-order valence-corrected chi connectivity index (χ0v) is 12.4. The quantitative estimate of drug-likeness (QED) is 0.902. The van der Waals surface area contributed by atoms with Crippen molar-refractivity contribution < 1.29 is 19.4 Å². The van der Waals surface area contributed by atoms with Crippen LogP contribution in [0.15, 0.2) is 24.3 Å². The zero-order valence-electron chi connectivity index (χ0n) is 12.4. The molecule has 0 spiro atoms. The standard InChI is InChI=1S/C16H21NO4/c1-11(12-4-3-5-14(9-12)21-2)8-15(18)17-7-6-13(10-17)16(19)20/h3-5,9,11,13H,6-8,10H2,1-2H3,(H,19,20). The van der Waals surface area contributed by atoms with Crippen LogP contribution in [-0.4, -0.2) is 42.1 Å². The van der Waals surface area contributed by atoms with Crippen molar-refractivity contribution in [3.63, 3.8) is 0 Å². The Bertz CT molecular complexity index is 529. The predicted molar refractivity (Wildman–Crippen MR) is 78.3 cm³/mol. The van der Waals surface area contributed by atoms with Gasteiger partial charge in [0, 0.05) is 19.5 Å². The molecule has 1 fully saturated rings. The third kappa shape index (κ3) is 3.74. The molecule has 0 aliphatic carbocycles. The van der Waals surface area contributed by atoms with Gasteiger partial charge in [0.15, 0.2) is 0 Å². The molecule has 114 valence electrons. The number of ether oxygens (including phenoxy) is 1. The molecule has 0 saturated carbocycles. The van der Waals surface area contributed by atoms with Crippen molar-refractivity contribution in [3.05, 3.63) is 29.8 Å². The Kier molecular flexibility index (Phi) is 4.83. The molecule has 2 unspecified atom stereocenters. The smallest absolute Gasteiger partial charge is 0.308 e. The largest absolute Gasteiger partial charge is 0.497 e. The van der Waals surface area contributed by atoms with Gasteiger partial charge in [0.05, 0.1) is 13.0 Å². The lowest BCUT2D eigenvalue weighted by atomic mass is 9.97. The summed E-state index contributed by atoms with van der Waals surface area (Å²) in [5.41, 5.74) is 1.05. The van der Waals surface area contributed by atoms with Gasteiger partial charge in [0.1, 0.15) is 5.75 Å². The van der Waals surface area contributed by atoms with Crippen LogP contribution in [-0.2, 0) is 9.59 Å². The highest BCUT2D eigenvalue weighted by Gasteiger charge is 2.31. The molecule has 0 bridgehead atoms. The minimum absolute atomic E-state index is 0.0223. The van der Waals surface area contributed by atoms with E-state index in [2.05, 4.69) is 0 Å². The van der Waals surface area contributed by atoms with E-state index in [0.29, 0.717) is 25.9 Å². The van der Waals surface area contributed by atoms with E-state index in [1.165, 1.54) is 0 Å². The second kappa shape index (κ2) is 6.61. The molecular formula is C16H21NO4. The van der Waals surface area contributed by atoms with Gasteiger partial charge in [0.2, 0.25) is 5.91 Å². The molecule has 1 amide bonds. The van der Waals surface area contributed by atoms with Crippen molar-refractivity contribution in [1.29, 1.82) is 0 Å². The van der Waals surface area contributed by atoms with Gasteiger partial charge in [-0.05, 0) is 30.0 Å². The van der Waals surface area contributed by atoms with Crippen molar-refractivity contribution in [1.82, 2.24) is 4.90 Å². The summed E-state index contributed by atoms with van der Waals surface area (Å²) in [5.74, 6) is -0.350. The monoisotopic (exact) mass is 291 g/mol. The molecular weight excluding hydrogens is 270 g/mol. The van der Waals surface area contributed by atoms with Crippen LogP contribution in [0.3, 0.4) is 0 Å². The van der Waals surface area contributed by atoms with E-state index >= 15 is 0 Å². The van der Waals surface area contributed by atoms with Crippen LogP contribution >= 0.6 is 0 Å². The van der Waals surface area contributed by atoms with E-state index < -0.39 is 11.9 Å². The van der Waals surface area contributed by atoms with Crippen molar-refractivity contribution in [2.45, 2.75) is 25.7 Å². The van der Waals surface area contributed by atoms with Gasteiger partial charge in [0.25, 0.3) is 0 Å². The van der Waals surface area contributed by atoms with Gasteiger partial charge in [-0.25, -0.2) is 0 Å². The highest BCUT2D eigenvalue weighted by molar-refractivity contribution is 5.79. The minimum atomic E-state index is -0.814. The molecule has 1 aromatic rings. The number of hydrogen-bond donors (Lipinski definition) is 1. The molecule has 0 radical (unpaired) electrons. The summed E-state index contributed by atoms with van der Waals surface area (Å²) in [6, 6.07) is 7.69. The van der Waals surface area contributed by atoms with E-state index in [1.54, 1.807) is 12.0 Å². The van der Waals surface area contributed by atoms with Crippen molar-refractivity contribution in [2.24, 2.45) is 5.92 Å². The zero-order chi connectivity index (χ0) is 15.4. The molecule has 21 heavy (non-hydrogen) atoms. The maximum absolute atomic E-state index is 12.3. The number of benzene rings is 1. The number of hydrogen-bond acceptors (Lipinski definition) is 3. The van der Waals surface area contributed by atoms with Crippen LogP contribution in [0.25, 0.3) is 0 Å². The van der Waals surface area contributed by atoms with Gasteiger partial charge < -0.3 is 14.7 Å². The number of methoxy groups -OCH3 is 1. The second-order valence-electron chi connectivity index (χ2n) is 5.55. The van der Waals surface area contributed by atoms with Gasteiger partial charge in [-0.2, -0.15) is 0 Å². The van der Waals surface area contributed by atoms with Gasteiger partial charge in [-0.15, -0.1) is 0 Å². The average molecular weight is 291 g/mol. The van der Waals surface area contributed by atoms with E-state index in [1.807, 2.05) is 31.2 Å². The number of carboxylic acids is 1. The summed E-state index contributed by atoms with van der Waals surface area (Å²) in [6.07, 6.45) is 0.939. The molecule has 1 N–H and O–H groups in total. The van der Waals surface area contributed by atoms with E-state index in [-0.39, 0.29) is 11.8 Å². The summed E-state index contributed by atoms with van der Waals surface area (Å²) in [4.78, 5) is 24.8. The second-order valence-corrected chi connectivity index (χ2v) is 5.55. The molecule has 1 heterocycles. The molecule has 1 aromatic carbocycles. The molecule has 1 aliphatic rings. The van der Waals surface area contributed by atoms with Crippen LogP contribution < -0.4 is 4.74 Å². The van der Waals surface area contributed by atoms with E-state index in [9.17, 15) is 9.59 Å². The minimum Gasteiger partial charge on any atom is -0.497 e. The first-order valence-corrected chi connectivity index (χ1v) is 7.15. The Hall–Kier alpha value is -2.04. The van der Waals surface area contributed by atoms with Gasteiger partial charge in [-0.3, -0.25) is 9.59 Å². The Morgan fingerprint density at radius 1 is 1.48 bits per heavy atom. The number of carbonyl (C=O) groups excluding carboxylic acids is 1. The van der Waals surface area contributed by atoms with E-state index in [0.717, 1.165) is 11.3 Å². The highest BCUT2D eigenvalue weighted by atomic mass is 16.5. The summed E-state index contributed by atoms with van der Waals surface area (Å²) >= 11 is 0. The van der Waals surface area contributed by atoms with E-state index in [4.69, 9.17) is 9.84 Å². The maximum Gasteiger partial charge on any atom is 0.308 e. The summed E-state index contributed by atoms with van der Waals surface area (Å²) in [5, 5.41) is 8.98. The number of nitrogens with zero attached hydrogens (tertiary/aromatic N) is 1. The number of rotatable bonds is 5. The van der Waals surface area contributed by atoms with Crippen LogP contribution in [0.4, 0.5) is 0 Å². The first-order chi connectivity index (χ1) is 10.0. The first kappa shape index (κ1) is 15.4. The predicted octanol–water partition coefficient (Wildman–Crippen LogP) is 2.12. The lowest BCUT2D eigenvalue weighted by Crippen LogP contribution is -2.30. The van der Waals surface area contributed by atoms with Crippen LogP contribution in [0.2, 0.25) is 0 Å². The number of carboxylic acid groups (broad SMARTS) is 1. The van der Waals surface area contributed by atoms with Gasteiger partial charge in [-0.1, -0.05) is 19.1 Å². The van der Waals surface area contributed by atoms with Crippen LogP contribution in [0.5, 0.6) is 5.75 Å². The Balaban J connectivity index is 1.94. The molecule has 1 aliphatic heterocycles. The molecule has 2 rings (SSSR count). The third-order valence-corrected chi connectivity index (χ3v) is 4.03. The summed E-state index contributed by atoms with van der Waals surface area (Å²) in [6.45, 7) is 2.87. The maximum atomic E-state index is 12.3. The fourth-order valence-corrected chi connectivity index (χ4v) is 2.65. The topological polar surface area (TPSA) is 66.8 Å². The number of amides is 1. The van der Waals surface area contributed by atoms with Crippen LogP contribution in [0.1, 0.15) is 31.2 Å². The fraction of sp³-hybridized carbons (Fsp3) is 0.500. The number of aliphatic carboxylic acids is 1. The SMILES string of the molecule is COc1cccc(C(C)CC(=O)N2CCC(C(=O)O)C2)c1. The normalized spacial score (nSPS) is 19.3. The summed E-state index contributed by atoms with van der Waals surface area (Å²) < 4.78 is 5.19. The van der Waals surface area contributed by atoms with Gasteiger partial charge >= 0.3 is 5.97 Å². The lowest BCUT2D eigenvalue weighted by molar-refractivity contribution is -0.141. The molecule has 2 atom stereocenters. The van der Waals surface area contributed by atoms with Crippen molar-refractivity contribution in [3.8, 4) is 5.75 Å². The lowest BCUT2D eigenvalue weighted by Gasteiger charge is -2.19. The summed E-state index contributed by atoms with van der Waals surface area (Å²) in [7, 11) is 1.62. The average Bonchev–Trinajstić information content (AvgIpc) is 2.97. The molecule has 0 aromatic heterocycles.